The van der Waals surface area contributed by atoms with Crippen molar-refractivity contribution in [3.05, 3.63) is 0 Å². The van der Waals surface area contributed by atoms with Crippen molar-refractivity contribution < 1.29 is 19.1 Å². The van der Waals surface area contributed by atoms with Crippen LogP contribution in [0.3, 0.4) is 0 Å². The van der Waals surface area contributed by atoms with Gasteiger partial charge in [-0.2, -0.15) is 0 Å². The summed E-state index contributed by atoms with van der Waals surface area (Å²) < 4.78 is 9.64. The molecule has 0 rings (SSSR count). The van der Waals surface area contributed by atoms with Crippen LogP contribution in [-0.2, 0) is 14.3 Å². The fourth-order valence-corrected chi connectivity index (χ4v) is 0.989. The Hall–Kier alpha value is -1.30. The molecule has 0 bridgehead atoms. The van der Waals surface area contributed by atoms with Gasteiger partial charge in [0.05, 0.1) is 12.5 Å². The average Bonchev–Trinajstić information content (AvgIpc) is 2.13. The highest BCUT2D eigenvalue weighted by Gasteiger charge is 2.28. The Morgan fingerprint density at radius 2 is 1.65 bits per heavy atom. The van der Waals surface area contributed by atoms with E-state index in [0.29, 0.717) is 0 Å². The molecular weight excluding hydrogens is 224 g/mol. The minimum atomic E-state index is -0.718. The van der Waals surface area contributed by atoms with Gasteiger partial charge in [-0.3, -0.25) is 10.2 Å². The number of hydrogen-bond acceptors (Lipinski definition) is 5. The number of carbonyl (C=O) groups excluding carboxylic acids is 2. The standard InChI is InChI=1S/C11H22N2O4/c1-10(2,3)17-9(15)13-12-7-11(4,5)8(14)16-6/h12H,7H2,1-6H3,(H,13,15). The SMILES string of the molecule is COC(=O)C(C)(C)CNNC(=O)OC(C)(C)C. The van der Waals surface area contributed by atoms with Gasteiger partial charge in [0.2, 0.25) is 0 Å². The second-order valence-corrected chi connectivity index (χ2v) is 5.36. The zero-order valence-corrected chi connectivity index (χ0v) is 11.3. The van der Waals surface area contributed by atoms with Crippen molar-refractivity contribution in [3.8, 4) is 0 Å². The first-order valence-electron chi connectivity index (χ1n) is 5.39. The van der Waals surface area contributed by atoms with E-state index in [1.807, 2.05) is 0 Å². The lowest BCUT2D eigenvalue weighted by molar-refractivity contribution is -0.150. The average molecular weight is 246 g/mol. The third-order valence-corrected chi connectivity index (χ3v) is 1.86. The fourth-order valence-electron chi connectivity index (χ4n) is 0.989. The second kappa shape index (κ2) is 5.86. The number of esters is 1. The lowest BCUT2D eigenvalue weighted by Crippen LogP contribution is -2.47. The maximum Gasteiger partial charge on any atom is 0.422 e. The van der Waals surface area contributed by atoms with Crippen molar-refractivity contribution in [3.63, 3.8) is 0 Å². The van der Waals surface area contributed by atoms with Gasteiger partial charge in [-0.1, -0.05) is 0 Å². The van der Waals surface area contributed by atoms with Crippen molar-refractivity contribution in [2.75, 3.05) is 13.7 Å². The summed E-state index contributed by atoms with van der Waals surface area (Å²) in [5.74, 6) is -0.351. The van der Waals surface area contributed by atoms with Crippen LogP contribution in [0.2, 0.25) is 0 Å². The molecule has 17 heavy (non-hydrogen) atoms. The van der Waals surface area contributed by atoms with E-state index in [1.54, 1.807) is 34.6 Å². The van der Waals surface area contributed by atoms with Crippen LogP contribution in [0.5, 0.6) is 0 Å². The van der Waals surface area contributed by atoms with E-state index in [-0.39, 0.29) is 12.5 Å². The molecule has 0 radical (unpaired) electrons. The van der Waals surface area contributed by atoms with Gasteiger partial charge < -0.3 is 9.47 Å². The minimum absolute atomic E-state index is 0.249. The van der Waals surface area contributed by atoms with Crippen molar-refractivity contribution in [2.24, 2.45) is 5.41 Å². The quantitative estimate of drug-likeness (QED) is 0.576. The number of hydrazine groups is 1. The molecule has 0 aromatic rings. The Bertz CT molecular complexity index is 282. The summed E-state index contributed by atoms with van der Waals surface area (Å²) >= 11 is 0. The van der Waals surface area contributed by atoms with Crippen molar-refractivity contribution >= 4 is 12.1 Å². The smallest absolute Gasteiger partial charge is 0.422 e. The zero-order chi connectivity index (χ0) is 13.7. The number of hydrogen-bond donors (Lipinski definition) is 2. The molecule has 0 aliphatic rings. The first-order chi connectivity index (χ1) is 7.58. The van der Waals surface area contributed by atoms with Crippen LogP contribution in [0.4, 0.5) is 4.79 Å². The second-order valence-electron chi connectivity index (χ2n) is 5.36. The van der Waals surface area contributed by atoms with Gasteiger partial charge in [0.1, 0.15) is 5.60 Å². The summed E-state index contributed by atoms with van der Waals surface area (Å²) in [6.45, 7) is 8.98. The molecular formula is C11H22N2O4. The van der Waals surface area contributed by atoms with Gasteiger partial charge in [0.25, 0.3) is 0 Å². The van der Waals surface area contributed by atoms with Crippen LogP contribution in [-0.4, -0.2) is 31.3 Å². The summed E-state index contributed by atoms with van der Waals surface area (Å²) in [4.78, 5) is 22.6. The highest BCUT2D eigenvalue weighted by molar-refractivity contribution is 5.76. The van der Waals surface area contributed by atoms with Gasteiger partial charge in [-0.05, 0) is 34.6 Å². The van der Waals surface area contributed by atoms with Gasteiger partial charge in [-0.25, -0.2) is 10.2 Å². The topological polar surface area (TPSA) is 76.7 Å². The van der Waals surface area contributed by atoms with E-state index in [9.17, 15) is 9.59 Å². The van der Waals surface area contributed by atoms with E-state index >= 15 is 0 Å². The van der Waals surface area contributed by atoms with Crippen LogP contribution >= 0.6 is 0 Å². The van der Waals surface area contributed by atoms with Crippen molar-refractivity contribution in [2.45, 2.75) is 40.2 Å². The van der Waals surface area contributed by atoms with Gasteiger partial charge >= 0.3 is 12.1 Å². The van der Waals surface area contributed by atoms with E-state index < -0.39 is 17.1 Å². The normalized spacial score (nSPS) is 11.9. The maximum atomic E-state index is 11.3. The van der Waals surface area contributed by atoms with E-state index in [4.69, 9.17) is 4.74 Å². The summed E-state index contributed by atoms with van der Waals surface area (Å²) in [7, 11) is 1.32. The predicted molar refractivity (Wildman–Crippen MR) is 63.2 cm³/mol. The molecule has 0 unspecified atom stereocenters. The summed E-state index contributed by atoms with van der Waals surface area (Å²) in [6.07, 6.45) is -0.585. The molecule has 0 saturated carbocycles. The molecule has 0 saturated heterocycles. The Labute approximate surface area is 102 Å². The fraction of sp³-hybridized carbons (Fsp3) is 0.818. The number of methoxy groups -OCH3 is 1. The Kier molecular flexibility index (Phi) is 5.41. The molecule has 6 heteroatoms. The molecule has 0 heterocycles. The van der Waals surface area contributed by atoms with Crippen LogP contribution in [0, 0.1) is 5.41 Å². The largest absolute Gasteiger partial charge is 0.469 e. The van der Waals surface area contributed by atoms with Gasteiger partial charge in [-0.15, -0.1) is 0 Å². The number of nitrogens with one attached hydrogen (secondary N) is 2. The maximum absolute atomic E-state index is 11.3. The first-order valence-corrected chi connectivity index (χ1v) is 5.39. The van der Waals surface area contributed by atoms with Crippen LogP contribution < -0.4 is 10.9 Å². The lowest BCUT2D eigenvalue weighted by atomic mass is 9.94. The highest BCUT2D eigenvalue weighted by atomic mass is 16.6. The van der Waals surface area contributed by atoms with E-state index in [0.717, 1.165) is 0 Å². The Morgan fingerprint density at radius 1 is 1.12 bits per heavy atom. The minimum Gasteiger partial charge on any atom is -0.469 e. The third kappa shape index (κ3) is 6.78. The molecule has 0 fully saturated rings. The molecule has 100 valence electrons. The van der Waals surface area contributed by atoms with Crippen LogP contribution in [0.15, 0.2) is 0 Å². The first kappa shape index (κ1) is 15.7. The monoisotopic (exact) mass is 246 g/mol. The molecule has 1 amide bonds. The molecule has 0 spiro atoms. The molecule has 6 nitrogen and oxygen atoms in total. The molecule has 0 atom stereocenters. The number of rotatable bonds is 4. The van der Waals surface area contributed by atoms with Gasteiger partial charge in [0.15, 0.2) is 0 Å². The van der Waals surface area contributed by atoms with E-state index in [2.05, 4.69) is 15.6 Å². The molecule has 0 aliphatic carbocycles. The van der Waals surface area contributed by atoms with Crippen molar-refractivity contribution in [1.82, 2.24) is 10.9 Å². The predicted octanol–water partition coefficient (Wildman–Crippen LogP) is 1.21. The van der Waals surface area contributed by atoms with Gasteiger partial charge in [0, 0.05) is 6.54 Å². The molecule has 0 aromatic carbocycles. The zero-order valence-electron chi connectivity index (χ0n) is 11.3. The van der Waals surface area contributed by atoms with Crippen molar-refractivity contribution in [1.29, 1.82) is 0 Å². The van der Waals surface area contributed by atoms with Crippen LogP contribution in [0.25, 0.3) is 0 Å². The summed E-state index contributed by atoms with van der Waals surface area (Å²) in [5.41, 5.74) is 3.72. The van der Waals surface area contributed by atoms with Crippen LogP contribution in [0.1, 0.15) is 34.6 Å². The number of ether oxygens (including phenoxy) is 2. The Morgan fingerprint density at radius 3 is 2.06 bits per heavy atom. The molecule has 0 aliphatic heterocycles. The molecule has 2 N–H and O–H groups in total. The lowest BCUT2D eigenvalue weighted by Gasteiger charge is -2.23. The highest BCUT2D eigenvalue weighted by Crippen LogP contribution is 2.14. The Balaban J connectivity index is 4.00. The number of carbonyl (C=O) groups is 2. The summed E-state index contributed by atoms with van der Waals surface area (Å²) in [6, 6.07) is 0. The van der Waals surface area contributed by atoms with E-state index in [1.165, 1.54) is 7.11 Å². The number of amides is 1. The third-order valence-electron chi connectivity index (χ3n) is 1.86. The molecule has 0 aromatic heterocycles. The summed E-state index contributed by atoms with van der Waals surface area (Å²) in [5, 5.41) is 0.